The molecule has 23 heteroatoms. The van der Waals surface area contributed by atoms with Gasteiger partial charge in [0.05, 0.1) is 51.2 Å². The van der Waals surface area contributed by atoms with Crippen LogP contribution in [0.3, 0.4) is 0 Å². The molecule has 344 valence electrons. The van der Waals surface area contributed by atoms with E-state index in [9.17, 15) is 19.2 Å². The Morgan fingerprint density at radius 3 is 1.53 bits per heavy atom. The number of carbonyl (C=O) groups is 4. The summed E-state index contributed by atoms with van der Waals surface area (Å²) in [7, 11) is 7.42. The molecule has 1 aromatic rings. The van der Waals surface area contributed by atoms with Crippen LogP contribution in [0.5, 0.6) is 0 Å². The summed E-state index contributed by atoms with van der Waals surface area (Å²) < 4.78 is 40.4. The van der Waals surface area contributed by atoms with Crippen LogP contribution >= 0.6 is 21.6 Å². The van der Waals surface area contributed by atoms with Crippen LogP contribution in [-0.2, 0) is 47.5 Å². The fraction of sp³-hybridized carbons (Fsp3) is 0.750. The van der Waals surface area contributed by atoms with Gasteiger partial charge in [0.15, 0.2) is 18.9 Å². The monoisotopic (exact) mass is 890 g/mol. The number of hydrogen-bond donors (Lipinski definition) is 8. The van der Waals surface area contributed by atoms with Crippen LogP contribution in [0.25, 0.3) is 0 Å². The number of methoxy groups -OCH3 is 3. The first-order chi connectivity index (χ1) is 28.4. The molecule has 0 aliphatic heterocycles. The number of nitrogens with one attached hydrogen (secondary N) is 3. The minimum absolute atomic E-state index is 0.0130. The van der Waals surface area contributed by atoms with E-state index in [-0.39, 0.29) is 89.8 Å². The fourth-order valence-corrected chi connectivity index (χ4v) is 5.49. The summed E-state index contributed by atoms with van der Waals surface area (Å²) in [6.07, 6.45) is -0.950. The Morgan fingerprint density at radius 1 is 0.661 bits per heavy atom. The van der Waals surface area contributed by atoms with E-state index in [0.717, 1.165) is 10.8 Å². The topological polar surface area (TPSA) is 292 Å². The first-order valence-electron chi connectivity index (χ1n) is 18.9. The lowest BCUT2D eigenvalue weighted by atomic mass is 10.3. The van der Waals surface area contributed by atoms with E-state index < -0.39 is 37.0 Å². The van der Waals surface area contributed by atoms with Crippen LogP contribution in [0, 0.1) is 0 Å². The largest absolute Gasteiger partial charge is 0.481 e. The van der Waals surface area contributed by atoms with Gasteiger partial charge in [-0.15, -0.1) is 0 Å². The molecule has 21 nitrogen and oxygen atoms in total. The predicted molar refractivity (Wildman–Crippen MR) is 217 cm³/mol. The zero-order valence-corrected chi connectivity index (χ0v) is 36.4. The van der Waals surface area contributed by atoms with E-state index in [4.69, 9.17) is 63.4 Å². The number of amides is 3. The van der Waals surface area contributed by atoms with Crippen LogP contribution in [-0.4, -0.2) is 178 Å². The Bertz CT molecular complexity index is 1160. The minimum atomic E-state index is -1.01. The third-order valence-electron chi connectivity index (χ3n) is 7.17. The first-order valence-corrected chi connectivity index (χ1v) is 21.2. The highest BCUT2D eigenvalue weighted by Crippen LogP contribution is 2.28. The Balaban J connectivity index is 0. The number of aliphatic hydroxyl groups is 4. The van der Waals surface area contributed by atoms with E-state index in [1.807, 2.05) is 39.0 Å². The van der Waals surface area contributed by atoms with Gasteiger partial charge < -0.3 is 79.4 Å². The molecule has 1 rings (SSSR count). The number of hydrogen-bond acceptors (Lipinski definition) is 19. The maximum atomic E-state index is 11.8. The zero-order valence-electron chi connectivity index (χ0n) is 34.8. The van der Waals surface area contributed by atoms with E-state index in [2.05, 4.69) is 20.9 Å². The zero-order chi connectivity index (χ0) is 44.7. The normalized spacial score (nSPS) is 13.7. The number of carbonyl (C=O) groups excluding carboxylic acids is 3. The highest BCUT2D eigenvalue weighted by atomic mass is 33.1. The van der Waals surface area contributed by atoms with Crippen molar-refractivity contribution in [3.8, 4) is 0 Å². The fourth-order valence-electron chi connectivity index (χ4n) is 3.71. The van der Waals surface area contributed by atoms with Gasteiger partial charge in [-0.1, -0.05) is 37.6 Å². The third kappa shape index (κ3) is 34.4. The summed E-state index contributed by atoms with van der Waals surface area (Å²) in [5.41, 5.74) is 0. The molecular formula is C36H66N4O17S2. The van der Waals surface area contributed by atoms with Gasteiger partial charge in [0.25, 0.3) is 0 Å². The van der Waals surface area contributed by atoms with Gasteiger partial charge in [-0.05, 0) is 42.2 Å². The maximum Gasteiger partial charge on any atom is 0.407 e. The predicted octanol–water partition coefficient (Wildman–Crippen LogP) is 1.50. The Morgan fingerprint density at radius 2 is 1.14 bits per heavy atom. The molecule has 6 atom stereocenters. The number of rotatable bonds is 31. The van der Waals surface area contributed by atoms with Crippen molar-refractivity contribution in [1.29, 1.82) is 0 Å². The van der Waals surface area contributed by atoms with E-state index in [1.165, 1.54) is 21.3 Å². The maximum absolute atomic E-state index is 11.8. The average molecular weight is 891 g/mol. The van der Waals surface area contributed by atoms with E-state index >= 15 is 0 Å². The number of alkyl carbamates (subject to hydrolysis) is 2. The first kappa shape index (κ1) is 58.0. The quantitative estimate of drug-likeness (QED) is 0.0298. The van der Waals surface area contributed by atoms with Gasteiger partial charge in [0.1, 0.15) is 18.2 Å². The van der Waals surface area contributed by atoms with Crippen molar-refractivity contribution in [2.24, 2.45) is 0 Å². The van der Waals surface area contributed by atoms with Crippen LogP contribution < -0.4 is 16.0 Å². The van der Waals surface area contributed by atoms with Gasteiger partial charge in [0, 0.05) is 59.3 Å². The smallest absolute Gasteiger partial charge is 0.407 e. The summed E-state index contributed by atoms with van der Waals surface area (Å²) in [5, 5.41) is 52.3. The van der Waals surface area contributed by atoms with Gasteiger partial charge >= 0.3 is 18.2 Å². The summed E-state index contributed by atoms with van der Waals surface area (Å²) >= 11 is 0. The van der Waals surface area contributed by atoms with Crippen molar-refractivity contribution in [3.05, 3.63) is 24.4 Å². The van der Waals surface area contributed by atoms with Gasteiger partial charge in [-0.25, -0.2) is 14.6 Å². The van der Waals surface area contributed by atoms with Crippen LogP contribution in [0.4, 0.5) is 9.59 Å². The molecule has 0 aliphatic rings. The SMILES string of the molecule is CCC(CO)OC(CO)OC.CCC(CO)OC(COC(=O)NCCC(=O)NCCSSc1ccccn1)OC.CCC(CO)OC(COC(=O)NCCC(=O)O)OC. The third-order valence-corrected chi connectivity index (χ3v) is 9.43. The van der Waals surface area contributed by atoms with Gasteiger partial charge in [0.2, 0.25) is 5.91 Å². The van der Waals surface area contributed by atoms with E-state index in [0.29, 0.717) is 25.8 Å². The number of aromatic nitrogens is 1. The molecule has 0 fully saturated rings. The van der Waals surface area contributed by atoms with Crippen molar-refractivity contribution >= 4 is 45.7 Å². The summed E-state index contributed by atoms with van der Waals surface area (Å²) in [6.45, 7) is 5.49. The van der Waals surface area contributed by atoms with Crippen molar-refractivity contribution in [2.45, 2.75) is 95.1 Å². The Hall–Kier alpha value is -3.07. The number of carboxylic acid groups (broad SMARTS) is 1. The average Bonchev–Trinajstić information content (AvgIpc) is 3.25. The molecule has 1 aromatic heterocycles. The van der Waals surface area contributed by atoms with Crippen molar-refractivity contribution in [3.63, 3.8) is 0 Å². The van der Waals surface area contributed by atoms with Crippen molar-refractivity contribution in [1.82, 2.24) is 20.9 Å². The number of pyridine rings is 1. The number of aliphatic hydroxyl groups excluding tert-OH is 4. The molecule has 59 heavy (non-hydrogen) atoms. The molecule has 6 unspecified atom stereocenters. The molecule has 1 heterocycles. The molecule has 0 aromatic carbocycles. The number of ether oxygens (including phenoxy) is 8. The molecule has 0 aliphatic carbocycles. The summed E-state index contributed by atoms with van der Waals surface area (Å²) in [6, 6.07) is 5.72. The molecule has 0 radical (unpaired) electrons. The van der Waals surface area contributed by atoms with E-state index in [1.54, 1.807) is 27.8 Å². The Kier molecular flexibility index (Phi) is 39.7. The minimum Gasteiger partial charge on any atom is -0.481 e. The molecule has 8 N–H and O–H groups in total. The highest BCUT2D eigenvalue weighted by Gasteiger charge is 2.18. The highest BCUT2D eigenvalue weighted by molar-refractivity contribution is 8.76. The second-order valence-corrected chi connectivity index (χ2v) is 14.0. The van der Waals surface area contributed by atoms with Crippen LogP contribution in [0.15, 0.2) is 29.4 Å². The lowest BCUT2D eigenvalue weighted by molar-refractivity contribution is -0.181. The number of carboxylic acids is 1. The van der Waals surface area contributed by atoms with Crippen molar-refractivity contribution < 1.29 is 82.6 Å². The summed E-state index contributed by atoms with van der Waals surface area (Å²) in [5.74, 6) is -0.416. The molecule has 0 spiro atoms. The molecule has 0 saturated carbocycles. The Labute approximate surface area is 354 Å². The molecule has 3 amide bonds. The second-order valence-electron chi connectivity index (χ2n) is 11.6. The van der Waals surface area contributed by atoms with Gasteiger partial charge in [-0.3, -0.25) is 9.59 Å². The molecule has 0 bridgehead atoms. The molecular weight excluding hydrogens is 825 g/mol. The second kappa shape index (κ2) is 40.3. The lowest BCUT2D eigenvalue weighted by Gasteiger charge is -2.21. The standard InChI is InChI=1S/C18H29N3O6S2.C11H21NO7.C7H16O4/c1-3-14(12-22)27-17(25-2)13-26-18(24)21-9-7-15(23)19-10-11-28-29-16-6-4-5-8-20-16;1-3-8(6-13)19-10(17-2)7-18-11(16)12-5-4-9(14)15;1-3-6(4-8)11-7(5-9)10-2/h4-6,8,14,17,22H,3,7,9-13H2,1-2H3,(H,19,23)(H,21,24);8,10,13H,3-7H2,1-2H3,(H,12,16)(H,14,15);6-9H,3-5H2,1-2H3. The number of nitrogens with zero attached hydrogens (tertiary/aromatic N) is 1. The molecule has 0 saturated heterocycles. The van der Waals surface area contributed by atoms with Crippen LogP contribution in [0.1, 0.15) is 52.9 Å². The summed E-state index contributed by atoms with van der Waals surface area (Å²) in [4.78, 5) is 49.0. The number of aliphatic carboxylic acids is 1. The van der Waals surface area contributed by atoms with Crippen LogP contribution in [0.2, 0.25) is 0 Å². The lowest BCUT2D eigenvalue weighted by Crippen LogP contribution is -2.35. The van der Waals surface area contributed by atoms with Gasteiger partial charge in [-0.2, -0.15) is 0 Å². The van der Waals surface area contributed by atoms with Crippen molar-refractivity contribution in [2.75, 3.05) is 86.4 Å².